The van der Waals surface area contributed by atoms with Crippen LogP contribution >= 0.6 is 0 Å². The Labute approximate surface area is 156 Å². The zero-order chi connectivity index (χ0) is 19.0. The summed E-state index contributed by atoms with van der Waals surface area (Å²) in [5.74, 6) is 1.40. The summed E-state index contributed by atoms with van der Waals surface area (Å²) in [6.07, 6.45) is 0. The van der Waals surface area contributed by atoms with E-state index >= 15 is 0 Å². The Hall–Kier alpha value is -3.61. The van der Waals surface area contributed by atoms with Crippen LogP contribution in [0.25, 0.3) is 11.4 Å². The van der Waals surface area contributed by atoms with E-state index in [1.165, 1.54) is 0 Å². The van der Waals surface area contributed by atoms with Crippen molar-refractivity contribution in [2.75, 3.05) is 12.4 Å². The lowest BCUT2D eigenvalue weighted by Gasteiger charge is -2.27. The molecule has 1 amide bonds. The number of nitrogens with one attached hydrogen (secondary N) is 1. The number of benzene rings is 2. The molecule has 1 aromatic heterocycles. The maximum absolute atomic E-state index is 12.2. The van der Waals surface area contributed by atoms with Crippen molar-refractivity contribution in [1.29, 1.82) is 0 Å². The van der Waals surface area contributed by atoms with Gasteiger partial charge in [-0.15, -0.1) is 5.10 Å². The number of methoxy groups -OCH3 is 1. The summed E-state index contributed by atoms with van der Waals surface area (Å²) in [7, 11) is 1.62. The van der Waals surface area contributed by atoms with E-state index in [1.54, 1.807) is 11.8 Å². The highest BCUT2D eigenvalue weighted by atomic mass is 16.5. The van der Waals surface area contributed by atoms with E-state index < -0.39 is 11.9 Å². The first kappa shape index (κ1) is 16.8. The highest BCUT2D eigenvalue weighted by Gasteiger charge is 2.33. The van der Waals surface area contributed by atoms with Crippen molar-refractivity contribution >= 4 is 11.9 Å². The van der Waals surface area contributed by atoms with Gasteiger partial charge >= 0.3 is 0 Å². The van der Waals surface area contributed by atoms with Crippen LogP contribution in [0.4, 0.5) is 5.95 Å². The SMILES string of the molecule is COc1ccc(-c2nc3n(n2)C(c2ccccc2)C(C(N)=O)=C(C)N3)cc1. The molecule has 2 heterocycles. The molecular weight excluding hydrogens is 342 g/mol. The molecule has 1 unspecified atom stereocenters. The number of carbonyl (C=O) groups excluding carboxylic acids is 1. The van der Waals surface area contributed by atoms with Gasteiger partial charge in [-0.1, -0.05) is 30.3 Å². The zero-order valence-electron chi connectivity index (χ0n) is 15.0. The predicted octanol–water partition coefficient (Wildman–Crippen LogP) is 2.73. The Balaban J connectivity index is 1.83. The van der Waals surface area contributed by atoms with Gasteiger partial charge in [0.05, 0.1) is 12.7 Å². The topological polar surface area (TPSA) is 95.1 Å². The van der Waals surface area contributed by atoms with Gasteiger partial charge in [-0.3, -0.25) is 4.79 Å². The number of carbonyl (C=O) groups is 1. The summed E-state index contributed by atoms with van der Waals surface area (Å²) in [5.41, 5.74) is 8.60. The number of rotatable bonds is 4. The number of hydrogen-bond acceptors (Lipinski definition) is 5. The number of aromatic nitrogens is 3. The first-order valence-electron chi connectivity index (χ1n) is 8.52. The van der Waals surface area contributed by atoms with E-state index in [9.17, 15) is 4.79 Å². The standard InChI is InChI=1S/C20H19N5O2/c1-12-16(18(21)26)17(13-6-4-3-5-7-13)25-20(22-12)23-19(24-25)14-8-10-15(27-2)11-9-14/h3-11,17H,1-2H3,(H2,21,26)(H,22,23,24). The average molecular weight is 361 g/mol. The summed E-state index contributed by atoms with van der Waals surface area (Å²) >= 11 is 0. The molecule has 0 bridgehead atoms. The Bertz CT molecular complexity index is 1020. The Morgan fingerprint density at radius 1 is 1.15 bits per heavy atom. The van der Waals surface area contributed by atoms with Gasteiger partial charge in [0, 0.05) is 11.3 Å². The smallest absolute Gasteiger partial charge is 0.248 e. The second kappa shape index (κ2) is 6.60. The summed E-state index contributed by atoms with van der Waals surface area (Å²) in [5, 5.41) is 7.81. The second-order valence-electron chi connectivity index (χ2n) is 6.27. The van der Waals surface area contributed by atoms with E-state index in [-0.39, 0.29) is 0 Å². The minimum absolute atomic E-state index is 0.431. The number of fused-ring (bicyclic) bond motifs is 1. The van der Waals surface area contributed by atoms with E-state index in [0.717, 1.165) is 16.9 Å². The highest BCUT2D eigenvalue weighted by Crippen LogP contribution is 2.36. The van der Waals surface area contributed by atoms with Crippen LogP contribution in [0, 0.1) is 0 Å². The Kier molecular flexibility index (Phi) is 4.12. The molecule has 0 aliphatic carbocycles. The molecule has 7 nitrogen and oxygen atoms in total. The molecule has 136 valence electrons. The molecule has 3 N–H and O–H groups in total. The molecular formula is C20H19N5O2. The van der Waals surface area contributed by atoms with Crippen LogP contribution in [0.5, 0.6) is 5.75 Å². The minimum Gasteiger partial charge on any atom is -0.497 e. The molecule has 0 radical (unpaired) electrons. The molecule has 7 heteroatoms. The van der Waals surface area contributed by atoms with Crippen molar-refractivity contribution in [1.82, 2.24) is 14.8 Å². The third-order valence-corrected chi connectivity index (χ3v) is 4.58. The van der Waals surface area contributed by atoms with Crippen molar-refractivity contribution in [2.45, 2.75) is 13.0 Å². The van der Waals surface area contributed by atoms with Crippen molar-refractivity contribution in [3.05, 3.63) is 71.4 Å². The van der Waals surface area contributed by atoms with Crippen LogP contribution in [-0.4, -0.2) is 27.8 Å². The quantitative estimate of drug-likeness (QED) is 0.745. The van der Waals surface area contributed by atoms with Gasteiger partial charge in [0.1, 0.15) is 11.8 Å². The average Bonchev–Trinajstić information content (AvgIpc) is 3.11. The van der Waals surface area contributed by atoms with E-state index in [1.807, 2.05) is 61.5 Å². The molecule has 0 saturated carbocycles. The normalized spacial score (nSPS) is 15.9. The Morgan fingerprint density at radius 2 is 1.85 bits per heavy atom. The first-order chi connectivity index (χ1) is 13.1. The fraction of sp³-hybridized carbons (Fsp3) is 0.150. The summed E-state index contributed by atoms with van der Waals surface area (Å²) < 4.78 is 6.91. The van der Waals surface area contributed by atoms with E-state index in [4.69, 9.17) is 10.5 Å². The third kappa shape index (κ3) is 2.93. The number of allylic oxidation sites excluding steroid dienone is 1. The molecule has 0 saturated heterocycles. The molecule has 0 spiro atoms. The maximum Gasteiger partial charge on any atom is 0.248 e. The fourth-order valence-corrected chi connectivity index (χ4v) is 3.28. The number of nitrogens with zero attached hydrogens (tertiary/aromatic N) is 3. The van der Waals surface area contributed by atoms with Gasteiger partial charge in [-0.05, 0) is 36.8 Å². The van der Waals surface area contributed by atoms with Gasteiger partial charge in [-0.25, -0.2) is 4.68 Å². The lowest BCUT2D eigenvalue weighted by Crippen LogP contribution is -2.31. The zero-order valence-corrected chi connectivity index (χ0v) is 15.0. The maximum atomic E-state index is 12.2. The van der Waals surface area contributed by atoms with E-state index in [2.05, 4.69) is 15.4 Å². The number of ether oxygens (including phenoxy) is 1. The molecule has 1 aliphatic heterocycles. The van der Waals surface area contributed by atoms with Crippen LogP contribution in [0.1, 0.15) is 18.5 Å². The van der Waals surface area contributed by atoms with Gasteiger partial charge in [0.25, 0.3) is 0 Å². The highest BCUT2D eigenvalue weighted by molar-refractivity contribution is 5.95. The fourth-order valence-electron chi connectivity index (χ4n) is 3.28. The summed E-state index contributed by atoms with van der Waals surface area (Å²) in [6, 6.07) is 16.7. The van der Waals surface area contributed by atoms with Gasteiger partial charge in [0.15, 0.2) is 5.82 Å². The van der Waals surface area contributed by atoms with Gasteiger partial charge in [-0.2, -0.15) is 4.98 Å². The Morgan fingerprint density at radius 3 is 2.48 bits per heavy atom. The monoisotopic (exact) mass is 361 g/mol. The predicted molar refractivity (Wildman–Crippen MR) is 102 cm³/mol. The summed E-state index contributed by atoms with van der Waals surface area (Å²) in [6.45, 7) is 1.82. The van der Waals surface area contributed by atoms with Crippen molar-refractivity contribution in [3.63, 3.8) is 0 Å². The molecule has 4 rings (SSSR count). The molecule has 1 aliphatic rings. The molecule has 27 heavy (non-hydrogen) atoms. The number of nitrogens with two attached hydrogens (primary N) is 1. The van der Waals surface area contributed by atoms with Crippen molar-refractivity contribution in [2.24, 2.45) is 5.73 Å². The molecule has 3 aromatic rings. The van der Waals surface area contributed by atoms with Crippen LogP contribution in [0.15, 0.2) is 65.9 Å². The van der Waals surface area contributed by atoms with Crippen molar-refractivity contribution in [3.8, 4) is 17.1 Å². The largest absolute Gasteiger partial charge is 0.497 e. The minimum atomic E-state index is -0.485. The van der Waals surface area contributed by atoms with Crippen LogP contribution in [0.2, 0.25) is 0 Å². The second-order valence-corrected chi connectivity index (χ2v) is 6.27. The number of anilines is 1. The number of hydrogen-bond donors (Lipinski definition) is 2. The molecule has 1 atom stereocenters. The first-order valence-corrected chi connectivity index (χ1v) is 8.52. The van der Waals surface area contributed by atoms with Crippen LogP contribution < -0.4 is 15.8 Å². The lowest BCUT2D eigenvalue weighted by molar-refractivity contribution is -0.115. The lowest BCUT2D eigenvalue weighted by atomic mass is 9.95. The van der Waals surface area contributed by atoms with Crippen LogP contribution in [-0.2, 0) is 4.79 Å². The number of amides is 1. The van der Waals surface area contributed by atoms with Gasteiger partial charge in [0.2, 0.25) is 11.9 Å². The molecule has 2 aromatic carbocycles. The van der Waals surface area contributed by atoms with Gasteiger partial charge < -0.3 is 15.8 Å². The van der Waals surface area contributed by atoms with Crippen molar-refractivity contribution < 1.29 is 9.53 Å². The molecule has 0 fully saturated rings. The third-order valence-electron chi connectivity index (χ3n) is 4.58. The van der Waals surface area contributed by atoms with Crippen LogP contribution in [0.3, 0.4) is 0 Å². The summed E-state index contributed by atoms with van der Waals surface area (Å²) in [4.78, 5) is 16.8. The number of primary amides is 1. The van der Waals surface area contributed by atoms with E-state index in [0.29, 0.717) is 23.0 Å².